The van der Waals surface area contributed by atoms with E-state index in [1.807, 2.05) is 18.2 Å². The van der Waals surface area contributed by atoms with Crippen LogP contribution in [-0.4, -0.2) is 11.1 Å². The Hall–Kier alpha value is -3.20. The maximum Gasteiger partial charge on any atom is 0.123 e. The van der Waals surface area contributed by atoms with Crippen molar-refractivity contribution in [3.63, 3.8) is 0 Å². The van der Waals surface area contributed by atoms with Gasteiger partial charge in [0.15, 0.2) is 0 Å². The first-order chi connectivity index (χ1) is 17.4. The number of benzene rings is 3. The van der Waals surface area contributed by atoms with Crippen molar-refractivity contribution in [2.45, 2.75) is 90.5 Å². The summed E-state index contributed by atoms with van der Waals surface area (Å²) in [5.74, 6) is 0.447. The van der Waals surface area contributed by atoms with Gasteiger partial charge in [0.05, 0.1) is 0 Å². The van der Waals surface area contributed by atoms with Crippen LogP contribution in [0.1, 0.15) is 83.9 Å². The molecule has 4 rings (SSSR count). The molecular weight excluding hydrogens is 452 g/mol. The van der Waals surface area contributed by atoms with Crippen molar-refractivity contribution in [1.29, 1.82) is 0 Å². The third-order valence-corrected chi connectivity index (χ3v) is 7.48. The molecule has 0 aromatic heterocycles. The van der Waals surface area contributed by atoms with Crippen LogP contribution in [-0.2, 0) is 17.3 Å². The fourth-order valence-corrected chi connectivity index (χ4v) is 5.08. The number of nitrogens with one attached hydrogen (secondary N) is 1. The molecule has 3 aromatic carbocycles. The highest BCUT2D eigenvalue weighted by atomic mass is 16.3. The smallest absolute Gasteiger partial charge is 0.123 e. The molecular formula is C34H44N2O. The molecule has 1 fully saturated rings. The van der Waals surface area contributed by atoms with Gasteiger partial charge in [-0.25, -0.2) is 0 Å². The monoisotopic (exact) mass is 496 g/mol. The number of para-hydroxylation sites is 1. The SMILES string of the molecule is C=C(CCc1cc(C(C)(C)C)c(O)c(C(C)(C)C)c1)N(c1ccc(Nc2ccccc2)cc1)C1CCC1. The number of hydrogen-bond donors (Lipinski definition) is 2. The minimum absolute atomic E-state index is 0.120. The van der Waals surface area contributed by atoms with E-state index >= 15 is 0 Å². The van der Waals surface area contributed by atoms with Gasteiger partial charge < -0.3 is 15.3 Å². The van der Waals surface area contributed by atoms with Crippen molar-refractivity contribution in [2.24, 2.45) is 0 Å². The Morgan fingerprint density at radius 1 is 0.865 bits per heavy atom. The molecule has 3 aromatic rings. The topological polar surface area (TPSA) is 35.5 Å². The number of phenols is 1. The molecule has 0 saturated heterocycles. The Kier molecular flexibility index (Phi) is 7.73. The van der Waals surface area contributed by atoms with Crippen LogP contribution in [0.2, 0.25) is 0 Å². The van der Waals surface area contributed by atoms with E-state index in [0.717, 1.165) is 41.0 Å². The zero-order valence-corrected chi connectivity index (χ0v) is 23.6. The number of aromatic hydroxyl groups is 1. The van der Waals surface area contributed by atoms with E-state index < -0.39 is 0 Å². The minimum atomic E-state index is -0.120. The van der Waals surface area contributed by atoms with Gasteiger partial charge in [0.2, 0.25) is 0 Å². The summed E-state index contributed by atoms with van der Waals surface area (Å²) in [6.07, 6.45) is 5.50. The number of hydrogen-bond acceptors (Lipinski definition) is 3. The summed E-state index contributed by atoms with van der Waals surface area (Å²) < 4.78 is 0. The first-order valence-corrected chi connectivity index (χ1v) is 13.7. The molecule has 1 aliphatic rings. The third-order valence-electron chi connectivity index (χ3n) is 7.48. The highest BCUT2D eigenvalue weighted by Crippen LogP contribution is 2.40. The van der Waals surface area contributed by atoms with Crippen LogP contribution in [0.5, 0.6) is 5.75 Å². The van der Waals surface area contributed by atoms with Gasteiger partial charge in [-0.2, -0.15) is 0 Å². The molecule has 0 amide bonds. The van der Waals surface area contributed by atoms with Gasteiger partial charge in [-0.05, 0) is 96.0 Å². The summed E-state index contributed by atoms with van der Waals surface area (Å²) in [4.78, 5) is 2.46. The van der Waals surface area contributed by atoms with Crippen LogP contribution in [0.4, 0.5) is 17.1 Å². The zero-order valence-electron chi connectivity index (χ0n) is 23.6. The lowest BCUT2D eigenvalue weighted by atomic mass is 9.78. The van der Waals surface area contributed by atoms with Crippen LogP contribution in [0, 0.1) is 0 Å². The summed E-state index contributed by atoms with van der Waals surface area (Å²) in [5.41, 5.74) is 7.63. The standard InChI is InChI=1S/C34H44N2O/c1-24(16-17-25-22-30(33(2,3)4)32(37)31(23-25)34(5,6)7)36(28-14-11-15-28)29-20-18-27(19-21-29)35-26-12-9-8-10-13-26/h8-10,12-13,18-23,28,35,37H,1,11,14-17H2,2-7H3. The Morgan fingerprint density at radius 2 is 1.41 bits per heavy atom. The molecule has 1 saturated carbocycles. The van der Waals surface area contributed by atoms with Gasteiger partial charge >= 0.3 is 0 Å². The van der Waals surface area contributed by atoms with E-state index in [4.69, 9.17) is 0 Å². The molecule has 0 heterocycles. The lowest BCUT2D eigenvalue weighted by Crippen LogP contribution is -2.39. The third kappa shape index (κ3) is 6.39. The highest BCUT2D eigenvalue weighted by molar-refractivity contribution is 5.64. The van der Waals surface area contributed by atoms with Crippen molar-refractivity contribution in [3.8, 4) is 5.75 Å². The maximum absolute atomic E-state index is 11.1. The number of allylic oxidation sites excluding steroid dienone is 1. The van der Waals surface area contributed by atoms with E-state index in [2.05, 4.69) is 107 Å². The molecule has 2 N–H and O–H groups in total. The van der Waals surface area contributed by atoms with E-state index in [1.54, 1.807) is 0 Å². The van der Waals surface area contributed by atoms with E-state index in [9.17, 15) is 5.11 Å². The van der Waals surface area contributed by atoms with Gasteiger partial charge in [-0.15, -0.1) is 0 Å². The number of anilines is 3. The van der Waals surface area contributed by atoms with Crippen LogP contribution in [0.15, 0.2) is 79.0 Å². The Bertz CT molecular complexity index is 1170. The summed E-state index contributed by atoms with van der Waals surface area (Å²) in [5, 5.41) is 14.6. The van der Waals surface area contributed by atoms with Crippen molar-refractivity contribution < 1.29 is 5.11 Å². The minimum Gasteiger partial charge on any atom is -0.507 e. The van der Waals surface area contributed by atoms with Gasteiger partial charge in [0.1, 0.15) is 5.75 Å². The molecule has 196 valence electrons. The second-order valence-electron chi connectivity index (χ2n) is 12.6. The second kappa shape index (κ2) is 10.7. The number of nitrogens with zero attached hydrogens (tertiary/aromatic N) is 1. The average Bonchev–Trinajstić information content (AvgIpc) is 2.80. The Balaban J connectivity index is 1.53. The lowest BCUT2D eigenvalue weighted by molar-refractivity contribution is 0.400. The summed E-state index contributed by atoms with van der Waals surface area (Å²) in [7, 11) is 0. The lowest BCUT2D eigenvalue weighted by Gasteiger charge is -2.40. The van der Waals surface area contributed by atoms with Crippen LogP contribution >= 0.6 is 0 Å². The number of phenolic OH excluding ortho intramolecular Hbond substituents is 1. The predicted octanol–water partition coefficient (Wildman–Crippen LogP) is 9.24. The molecule has 0 unspecified atom stereocenters. The summed E-state index contributed by atoms with van der Waals surface area (Å²) in [6, 6.07) is 24.0. The first-order valence-electron chi connectivity index (χ1n) is 13.7. The van der Waals surface area contributed by atoms with Crippen LogP contribution in [0.3, 0.4) is 0 Å². The second-order valence-corrected chi connectivity index (χ2v) is 12.6. The highest BCUT2D eigenvalue weighted by Gasteiger charge is 2.29. The first kappa shape index (κ1) is 26.9. The fourth-order valence-electron chi connectivity index (χ4n) is 5.08. The van der Waals surface area contributed by atoms with Crippen LogP contribution < -0.4 is 10.2 Å². The summed E-state index contributed by atoms with van der Waals surface area (Å²) >= 11 is 0. The normalized spacial score (nSPS) is 14.2. The molecule has 3 nitrogen and oxygen atoms in total. The Labute approximate surface area is 224 Å². The van der Waals surface area contributed by atoms with Gasteiger partial charge in [0, 0.05) is 28.8 Å². The number of rotatable bonds is 8. The Morgan fingerprint density at radius 3 is 1.89 bits per heavy atom. The largest absolute Gasteiger partial charge is 0.507 e. The van der Waals surface area contributed by atoms with Crippen molar-refractivity contribution >= 4 is 17.1 Å². The fraction of sp³-hybridized carbons (Fsp3) is 0.412. The average molecular weight is 497 g/mol. The maximum atomic E-state index is 11.1. The molecule has 3 heteroatoms. The van der Waals surface area contributed by atoms with E-state index in [-0.39, 0.29) is 10.8 Å². The van der Waals surface area contributed by atoms with Crippen LogP contribution in [0.25, 0.3) is 0 Å². The van der Waals surface area contributed by atoms with Gasteiger partial charge in [-0.1, -0.05) is 78.5 Å². The molecule has 0 aliphatic heterocycles. The predicted molar refractivity (Wildman–Crippen MR) is 159 cm³/mol. The zero-order chi connectivity index (χ0) is 26.8. The molecule has 1 aliphatic carbocycles. The van der Waals surface area contributed by atoms with Crippen molar-refractivity contribution in [2.75, 3.05) is 10.2 Å². The van der Waals surface area contributed by atoms with Crippen molar-refractivity contribution in [1.82, 2.24) is 0 Å². The summed E-state index contributed by atoms with van der Waals surface area (Å²) in [6.45, 7) is 17.6. The van der Waals surface area contributed by atoms with E-state index in [1.165, 1.54) is 30.5 Å². The van der Waals surface area contributed by atoms with E-state index in [0.29, 0.717) is 11.8 Å². The quantitative estimate of drug-likeness (QED) is 0.326. The van der Waals surface area contributed by atoms with Gasteiger partial charge in [0.25, 0.3) is 0 Å². The molecule has 37 heavy (non-hydrogen) atoms. The number of aryl methyl sites for hydroxylation is 1. The molecule has 0 bridgehead atoms. The molecule has 0 radical (unpaired) electrons. The molecule has 0 atom stereocenters. The van der Waals surface area contributed by atoms with Gasteiger partial charge in [-0.3, -0.25) is 0 Å². The van der Waals surface area contributed by atoms with Crippen molar-refractivity contribution in [3.05, 3.63) is 95.7 Å². The molecule has 0 spiro atoms.